The van der Waals surface area contributed by atoms with Crippen molar-refractivity contribution >= 4 is 11.9 Å². The molecule has 0 aromatic heterocycles. The maximum atomic E-state index is 12.2. The highest BCUT2D eigenvalue weighted by atomic mass is 16.6. The molecule has 4 bridgehead atoms. The van der Waals surface area contributed by atoms with Crippen LogP contribution >= 0.6 is 0 Å². The Labute approximate surface area is 151 Å². The van der Waals surface area contributed by atoms with Gasteiger partial charge in [-0.3, -0.25) is 0 Å². The van der Waals surface area contributed by atoms with Crippen LogP contribution in [0.25, 0.3) is 0 Å². The van der Waals surface area contributed by atoms with E-state index in [1.54, 1.807) is 20.8 Å². The minimum absolute atomic E-state index is 0.280. The maximum absolute atomic E-state index is 12.2. The molecule has 140 valence electrons. The van der Waals surface area contributed by atoms with E-state index in [2.05, 4.69) is 6.58 Å². The molecule has 4 nitrogen and oxygen atoms in total. The van der Waals surface area contributed by atoms with Crippen molar-refractivity contribution in [1.29, 1.82) is 0 Å². The van der Waals surface area contributed by atoms with Gasteiger partial charge in [0.25, 0.3) is 0 Å². The molecule has 4 fully saturated rings. The van der Waals surface area contributed by atoms with Crippen LogP contribution in [0.3, 0.4) is 0 Å². The monoisotopic (exact) mass is 348 g/mol. The molecule has 4 aliphatic rings. The first-order valence-electron chi connectivity index (χ1n) is 9.75. The van der Waals surface area contributed by atoms with Gasteiger partial charge in [0.15, 0.2) is 0 Å². The van der Waals surface area contributed by atoms with Crippen molar-refractivity contribution in [2.75, 3.05) is 6.61 Å². The zero-order chi connectivity index (χ0) is 18.2. The summed E-state index contributed by atoms with van der Waals surface area (Å²) in [5.74, 6) is 1.82. The largest absolute Gasteiger partial charge is 0.463 e. The third-order valence-corrected chi connectivity index (χ3v) is 6.44. The van der Waals surface area contributed by atoms with Crippen LogP contribution in [0.4, 0.5) is 0 Å². The predicted molar refractivity (Wildman–Crippen MR) is 95.8 cm³/mol. The topological polar surface area (TPSA) is 52.6 Å². The van der Waals surface area contributed by atoms with E-state index in [1.165, 1.54) is 38.5 Å². The minimum Gasteiger partial charge on any atom is -0.463 e. The number of carbonyl (C=O) groups excluding carboxylic acids is 2. The molecule has 0 aliphatic heterocycles. The molecule has 0 amide bonds. The molecule has 0 saturated heterocycles. The molecule has 4 saturated carbocycles. The van der Waals surface area contributed by atoms with Gasteiger partial charge in [0, 0.05) is 5.57 Å². The lowest BCUT2D eigenvalue weighted by Crippen LogP contribution is -2.46. The highest BCUT2D eigenvalue weighted by molar-refractivity contribution is 5.90. The molecule has 0 atom stereocenters. The van der Waals surface area contributed by atoms with Crippen LogP contribution in [-0.4, -0.2) is 24.1 Å². The summed E-state index contributed by atoms with van der Waals surface area (Å²) in [4.78, 5) is 23.8. The average Bonchev–Trinajstić information content (AvgIpc) is 2.49. The molecular weight excluding hydrogens is 316 g/mol. The highest BCUT2D eigenvalue weighted by Crippen LogP contribution is 2.61. The molecule has 25 heavy (non-hydrogen) atoms. The van der Waals surface area contributed by atoms with Crippen molar-refractivity contribution in [2.24, 2.45) is 23.2 Å². The van der Waals surface area contributed by atoms with Gasteiger partial charge in [-0.1, -0.05) is 6.58 Å². The van der Waals surface area contributed by atoms with Crippen LogP contribution in [0.15, 0.2) is 12.2 Å². The van der Waals surface area contributed by atoms with Crippen molar-refractivity contribution in [3.63, 3.8) is 0 Å². The zero-order valence-corrected chi connectivity index (χ0v) is 15.9. The van der Waals surface area contributed by atoms with E-state index in [0.29, 0.717) is 12.0 Å². The van der Waals surface area contributed by atoms with Gasteiger partial charge in [0.1, 0.15) is 0 Å². The predicted octanol–water partition coefficient (Wildman–Crippen LogP) is 4.42. The number of esters is 2. The van der Waals surface area contributed by atoms with Gasteiger partial charge in [-0.2, -0.15) is 0 Å². The molecule has 4 aliphatic carbocycles. The summed E-state index contributed by atoms with van der Waals surface area (Å²) in [5.41, 5.74) is -0.470. The molecule has 0 aromatic rings. The number of hydrogen-bond acceptors (Lipinski definition) is 4. The van der Waals surface area contributed by atoms with Gasteiger partial charge in [-0.05, 0) is 95.3 Å². The lowest BCUT2D eigenvalue weighted by atomic mass is 9.48. The van der Waals surface area contributed by atoms with E-state index in [1.807, 2.05) is 0 Å². The van der Waals surface area contributed by atoms with E-state index in [0.717, 1.165) is 30.6 Å². The van der Waals surface area contributed by atoms with Crippen molar-refractivity contribution in [1.82, 2.24) is 0 Å². The fourth-order valence-electron chi connectivity index (χ4n) is 5.74. The molecule has 4 rings (SSSR count). The van der Waals surface area contributed by atoms with E-state index < -0.39 is 17.5 Å². The molecular formula is C21H32O4. The number of rotatable bonds is 7. The summed E-state index contributed by atoms with van der Waals surface area (Å²) in [6.07, 6.45) is 10.6. The molecule has 0 aromatic carbocycles. The molecule has 0 spiro atoms. The highest BCUT2D eigenvalue weighted by Gasteiger charge is 2.50. The van der Waals surface area contributed by atoms with E-state index in [4.69, 9.17) is 9.47 Å². The minimum atomic E-state index is -1.27. The second-order valence-corrected chi connectivity index (χ2v) is 9.34. The Kier molecular flexibility index (Phi) is 5.00. The fraction of sp³-hybridized carbons (Fsp3) is 0.810. The van der Waals surface area contributed by atoms with Crippen LogP contribution in [-0.2, 0) is 19.1 Å². The summed E-state index contributed by atoms with van der Waals surface area (Å²) in [6.45, 7) is 8.64. The standard InChI is InChI=1S/C21H32O4/c1-14(2)18(22)25-20(3,4)19(23)24-7-5-6-21-11-15-8-16(12-21)10-17(9-15)13-21/h15-17H,1,5-13H2,2-4H3. The maximum Gasteiger partial charge on any atom is 0.350 e. The van der Waals surface area contributed by atoms with E-state index in [-0.39, 0.29) is 5.57 Å². The van der Waals surface area contributed by atoms with Crippen molar-refractivity contribution < 1.29 is 19.1 Å². The Bertz CT molecular complexity index is 525. The smallest absolute Gasteiger partial charge is 0.350 e. The van der Waals surface area contributed by atoms with Crippen LogP contribution in [0.1, 0.15) is 72.1 Å². The number of carbonyl (C=O) groups is 2. The molecule has 0 unspecified atom stereocenters. The number of ether oxygens (including phenoxy) is 2. The lowest BCUT2D eigenvalue weighted by molar-refractivity contribution is -0.176. The Morgan fingerprint density at radius 2 is 1.60 bits per heavy atom. The van der Waals surface area contributed by atoms with Crippen molar-refractivity contribution in [3.05, 3.63) is 12.2 Å². The first-order valence-corrected chi connectivity index (χ1v) is 9.75. The second-order valence-electron chi connectivity index (χ2n) is 9.34. The Hall–Kier alpha value is -1.32. The summed E-state index contributed by atoms with van der Waals surface area (Å²) in [6, 6.07) is 0. The quantitative estimate of drug-likeness (QED) is 0.388. The zero-order valence-electron chi connectivity index (χ0n) is 15.9. The Balaban J connectivity index is 1.43. The SMILES string of the molecule is C=C(C)C(=O)OC(C)(C)C(=O)OCCCC12CC3CC(CC(C3)C1)C2. The van der Waals surface area contributed by atoms with Gasteiger partial charge in [-0.25, -0.2) is 9.59 Å². The lowest BCUT2D eigenvalue weighted by Gasteiger charge is -2.57. The van der Waals surface area contributed by atoms with Crippen LogP contribution in [0.2, 0.25) is 0 Å². The summed E-state index contributed by atoms with van der Waals surface area (Å²) in [5, 5.41) is 0. The van der Waals surface area contributed by atoms with Gasteiger partial charge < -0.3 is 9.47 Å². The molecule has 0 N–H and O–H groups in total. The first kappa shape index (κ1) is 18.5. The van der Waals surface area contributed by atoms with Crippen LogP contribution in [0, 0.1) is 23.2 Å². The van der Waals surface area contributed by atoms with Gasteiger partial charge >= 0.3 is 11.9 Å². The molecule has 4 heteroatoms. The summed E-state index contributed by atoms with van der Waals surface area (Å²) < 4.78 is 10.6. The van der Waals surface area contributed by atoms with Crippen LogP contribution in [0.5, 0.6) is 0 Å². The van der Waals surface area contributed by atoms with Gasteiger partial charge in [-0.15, -0.1) is 0 Å². The third kappa shape index (κ3) is 4.09. The number of hydrogen-bond donors (Lipinski definition) is 0. The van der Waals surface area contributed by atoms with Gasteiger partial charge in [0.05, 0.1) is 6.61 Å². The molecule has 0 radical (unpaired) electrons. The van der Waals surface area contributed by atoms with Crippen molar-refractivity contribution in [2.45, 2.75) is 77.7 Å². The summed E-state index contributed by atoms with van der Waals surface area (Å²) >= 11 is 0. The normalized spacial score (nSPS) is 33.2. The van der Waals surface area contributed by atoms with E-state index >= 15 is 0 Å². The van der Waals surface area contributed by atoms with Crippen LogP contribution < -0.4 is 0 Å². The Morgan fingerprint density at radius 3 is 2.08 bits per heavy atom. The average molecular weight is 348 g/mol. The second kappa shape index (κ2) is 6.77. The summed E-state index contributed by atoms with van der Waals surface area (Å²) in [7, 11) is 0. The first-order chi connectivity index (χ1) is 11.7. The van der Waals surface area contributed by atoms with Crippen molar-refractivity contribution in [3.8, 4) is 0 Å². The Morgan fingerprint density at radius 1 is 1.08 bits per heavy atom. The fourth-order valence-corrected chi connectivity index (χ4v) is 5.74. The third-order valence-electron chi connectivity index (χ3n) is 6.44. The molecule has 0 heterocycles. The van der Waals surface area contributed by atoms with E-state index in [9.17, 15) is 9.59 Å². The van der Waals surface area contributed by atoms with Gasteiger partial charge in [0.2, 0.25) is 5.60 Å².